The van der Waals surface area contributed by atoms with Crippen molar-refractivity contribution in [3.63, 3.8) is 0 Å². The van der Waals surface area contributed by atoms with Gasteiger partial charge in [0.1, 0.15) is 5.75 Å². The molecule has 5 heteroatoms. The van der Waals surface area contributed by atoms with E-state index in [1.54, 1.807) is 23.9 Å². The van der Waals surface area contributed by atoms with Crippen molar-refractivity contribution in [2.45, 2.75) is 4.90 Å². The van der Waals surface area contributed by atoms with Gasteiger partial charge < -0.3 is 9.84 Å². The van der Waals surface area contributed by atoms with E-state index in [0.717, 1.165) is 10.6 Å². The van der Waals surface area contributed by atoms with Crippen LogP contribution < -0.4 is 4.74 Å². The second kappa shape index (κ2) is 11.9. The fourth-order valence-electron chi connectivity index (χ4n) is 3.50. The normalized spacial score (nSPS) is 11.3. The van der Waals surface area contributed by atoms with Gasteiger partial charge in [-0.1, -0.05) is 72.8 Å². The fraction of sp³-hybridized carbons (Fsp3) is 0.0690. The van der Waals surface area contributed by atoms with Crippen molar-refractivity contribution in [3.8, 4) is 16.9 Å². The van der Waals surface area contributed by atoms with Crippen LogP contribution in [0.4, 0.5) is 0 Å². The third kappa shape index (κ3) is 6.74. The van der Waals surface area contributed by atoms with Crippen molar-refractivity contribution in [3.05, 3.63) is 124 Å². The predicted octanol–water partition coefficient (Wildman–Crippen LogP) is 7.65. The third-order valence-electron chi connectivity index (χ3n) is 5.18. The van der Waals surface area contributed by atoms with E-state index in [0.29, 0.717) is 5.75 Å². The van der Waals surface area contributed by atoms with E-state index in [1.807, 2.05) is 18.2 Å². The molecule has 0 unspecified atom stereocenters. The number of rotatable bonds is 9. The SMILES string of the molecule is O=C(O)COc1ccc(SCC=C(c2ccc(I)cc2)c2ccc(-c3ccccc3)cc2)cc1. The molecule has 34 heavy (non-hydrogen) atoms. The molecule has 4 rings (SSSR count). The molecule has 4 aromatic rings. The minimum Gasteiger partial charge on any atom is -0.482 e. The Morgan fingerprint density at radius 1 is 0.794 bits per heavy atom. The average Bonchev–Trinajstić information content (AvgIpc) is 2.87. The number of carboxylic acids is 1. The van der Waals surface area contributed by atoms with E-state index in [-0.39, 0.29) is 6.61 Å². The molecule has 1 N–H and O–H groups in total. The Labute approximate surface area is 217 Å². The van der Waals surface area contributed by atoms with Gasteiger partial charge in [-0.2, -0.15) is 0 Å². The summed E-state index contributed by atoms with van der Waals surface area (Å²) in [6, 6.07) is 35.2. The van der Waals surface area contributed by atoms with Crippen LogP contribution in [0.3, 0.4) is 0 Å². The van der Waals surface area contributed by atoms with Crippen molar-refractivity contribution in [1.82, 2.24) is 0 Å². The van der Waals surface area contributed by atoms with E-state index >= 15 is 0 Å². The number of ether oxygens (including phenoxy) is 1. The van der Waals surface area contributed by atoms with Crippen LogP contribution in [0, 0.1) is 3.57 Å². The first-order valence-electron chi connectivity index (χ1n) is 10.8. The topological polar surface area (TPSA) is 46.5 Å². The van der Waals surface area contributed by atoms with Gasteiger partial charge in [-0.3, -0.25) is 0 Å². The van der Waals surface area contributed by atoms with Gasteiger partial charge in [0, 0.05) is 14.2 Å². The maximum Gasteiger partial charge on any atom is 0.341 e. The van der Waals surface area contributed by atoms with Crippen LogP contribution in [-0.4, -0.2) is 23.4 Å². The molecule has 0 aliphatic heterocycles. The minimum absolute atomic E-state index is 0.336. The smallest absolute Gasteiger partial charge is 0.341 e. The van der Waals surface area contributed by atoms with Crippen LogP contribution in [0.15, 0.2) is 114 Å². The lowest BCUT2D eigenvalue weighted by Gasteiger charge is -2.11. The Kier molecular flexibility index (Phi) is 8.44. The summed E-state index contributed by atoms with van der Waals surface area (Å²) in [4.78, 5) is 11.7. The number of aliphatic carboxylic acids is 1. The second-order valence-electron chi connectivity index (χ2n) is 7.53. The molecule has 0 fully saturated rings. The Balaban J connectivity index is 1.52. The first-order chi connectivity index (χ1) is 16.6. The van der Waals surface area contributed by atoms with Crippen LogP contribution in [0.2, 0.25) is 0 Å². The molecule has 0 radical (unpaired) electrons. The van der Waals surface area contributed by atoms with Crippen molar-refractivity contribution >= 4 is 45.9 Å². The number of halogens is 1. The van der Waals surface area contributed by atoms with Gasteiger partial charge in [0.15, 0.2) is 6.61 Å². The van der Waals surface area contributed by atoms with Crippen LogP contribution >= 0.6 is 34.4 Å². The van der Waals surface area contributed by atoms with E-state index in [4.69, 9.17) is 9.84 Å². The lowest BCUT2D eigenvalue weighted by Crippen LogP contribution is -2.09. The zero-order valence-electron chi connectivity index (χ0n) is 18.4. The maximum absolute atomic E-state index is 10.7. The maximum atomic E-state index is 10.7. The van der Waals surface area contributed by atoms with Crippen LogP contribution in [0.1, 0.15) is 11.1 Å². The number of benzene rings is 4. The Hall–Kier alpha value is -3.03. The molecule has 0 aliphatic carbocycles. The largest absolute Gasteiger partial charge is 0.482 e. The zero-order valence-corrected chi connectivity index (χ0v) is 21.3. The van der Waals surface area contributed by atoms with E-state index in [2.05, 4.69) is 101 Å². The summed E-state index contributed by atoms with van der Waals surface area (Å²) >= 11 is 4.05. The minimum atomic E-state index is -0.983. The molecule has 0 saturated heterocycles. The van der Waals surface area contributed by atoms with E-state index in [9.17, 15) is 4.79 Å². The number of thioether (sulfide) groups is 1. The van der Waals surface area contributed by atoms with Gasteiger partial charge >= 0.3 is 5.97 Å². The number of hydrogen-bond acceptors (Lipinski definition) is 3. The molecule has 4 aromatic carbocycles. The molecule has 3 nitrogen and oxygen atoms in total. The summed E-state index contributed by atoms with van der Waals surface area (Å²) in [6.07, 6.45) is 2.26. The number of carboxylic acid groups (broad SMARTS) is 1. The molecule has 0 aliphatic rings. The Morgan fingerprint density at radius 3 is 2.00 bits per heavy atom. The first-order valence-corrected chi connectivity index (χ1v) is 12.8. The van der Waals surface area contributed by atoms with Crippen molar-refractivity contribution in [2.75, 3.05) is 12.4 Å². The van der Waals surface area contributed by atoms with Gasteiger partial charge in [-0.25, -0.2) is 4.79 Å². The van der Waals surface area contributed by atoms with Crippen LogP contribution in [-0.2, 0) is 4.79 Å². The van der Waals surface area contributed by atoms with E-state index in [1.165, 1.54) is 31.4 Å². The highest BCUT2D eigenvalue weighted by atomic mass is 127. The molecule has 0 amide bonds. The van der Waals surface area contributed by atoms with Crippen molar-refractivity contribution in [2.24, 2.45) is 0 Å². The average molecular weight is 578 g/mol. The summed E-state index contributed by atoms with van der Waals surface area (Å²) in [5.74, 6) is 0.376. The molecular formula is C29H23IO3S. The predicted molar refractivity (Wildman–Crippen MR) is 148 cm³/mol. The quantitative estimate of drug-likeness (QED) is 0.164. The van der Waals surface area contributed by atoms with Gasteiger partial charge in [0.05, 0.1) is 0 Å². The zero-order chi connectivity index (χ0) is 23.8. The van der Waals surface area contributed by atoms with Gasteiger partial charge in [0.2, 0.25) is 0 Å². The lowest BCUT2D eigenvalue weighted by molar-refractivity contribution is -0.139. The van der Waals surface area contributed by atoms with Crippen molar-refractivity contribution < 1.29 is 14.6 Å². The van der Waals surface area contributed by atoms with Crippen LogP contribution in [0.5, 0.6) is 5.75 Å². The van der Waals surface area contributed by atoms with Crippen molar-refractivity contribution in [1.29, 1.82) is 0 Å². The Morgan fingerprint density at radius 2 is 1.38 bits per heavy atom. The molecule has 0 bridgehead atoms. The lowest BCUT2D eigenvalue weighted by atomic mass is 9.95. The summed E-state index contributed by atoms with van der Waals surface area (Å²) in [6.45, 7) is -0.336. The highest BCUT2D eigenvalue weighted by Gasteiger charge is 2.07. The molecule has 0 heterocycles. The molecule has 0 spiro atoms. The number of hydrogen-bond donors (Lipinski definition) is 1. The monoisotopic (exact) mass is 578 g/mol. The van der Waals surface area contributed by atoms with Gasteiger partial charge in [-0.05, 0) is 86.8 Å². The van der Waals surface area contributed by atoms with E-state index < -0.39 is 5.97 Å². The summed E-state index contributed by atoms with van der Waals surface area (Å²) in [5, 5.41) is 8.74. The Bertz CT molecular complexity index is 1250. The standard InChI is InChI=1S/C29H23IO3S/c30-25-12-10-24(11-13-25)28(23-8-6-22(7-9-23)21-4-2-1-3-5-21)18-19-34-27-16-14-26(15-17-27)33-20-29(31)32/h1-18H,19-20H2,(H,31,32). The highest BCUT2D eigenvalue weighted by Crippen LogP contribution is 2.29. The molecule has 0 aromatic heterocycles. The second-order valence-corrected chi connectivity index (χ2v) is 9.87. The first kappa shape index (κ1) is 24.1. The summed E-state index contributed by atoms with van der Waals surface area (Å²) in [7, 11) is 0. The highest BCUT2D eigenvalue weighted by molar-refractivity contribution is 14.1. The molecule has 0 atom stereocenters. The van der Waals surface area contributed by atoms with Gasteiger partial charge in [-0.15, -0.1) is 11.8 Å². The van der Waals surface area contributed by atoms with Gasteiger partial charge in [0.25, 0.3) is 0 Å². The molecular weight excluding hydrogens is 555 g/mol. The molecule has 0 saturated carbocycles. The summed E-state index contributed by atoms with van der Waals surface area (Å²) in [5.41, 5.74) is 5.97. The third-order valence-corrected chi connectivity index (χ3v) is 6.84. The summed E-state index contributed by atoms with van der Waals surface area (Å²) < 4.78 is 6.42. The fourth-order valence-corrected chi connectivity index (χ4v) is 4.63. The van der Waals surface area contributed by atoms with Crippen LogP contribution in [0.25, 0.3) is 16.7 Å². The number of carbonyl (C=O) groups is 1. The molecule has 170 valence electrons.